The van der Waals surface area contributed by atoms with Crippen LogP contribution in [0, 0.1) is 0 Å². The lowest BCUT2D eigenvalue weighted by Crippen LogP contribution is -2.40. The molecular weight excluding hydrogens is 156 g/mol. The van der Waals surface area contributed by atoms with Gasteiger partial charge < -0.3 is 15.4 Å². The minimum absolute atomic E-state index is 0.146. The van der Waals surface area contributed by atoms with Crippen molar-refractivity contribution in [3.8, 4) is 0 Å². The summed E-state index contributed by atoms with van der Waals surface area (Å²) in [5, 5.41) is 0. The standard InChI is InChI=1S/C8H18N2O2/c1-4-12-8(11)10(6-5-9)7(2)3/h7H,4-6,9H2,1-3H3. The summed E-state index contributed by atoms with van der Waals surface area (Å²) >= 11 is 0. The van der Waals surface area contributed by atoms with E-state index < -0.39 is 0 Å². The molecule has 0 saturated carbocycles. The van der Waals surface area contributed by atoms with E-state index in [4.69, 9.17) is 10.5 Å². The molecule has 0 spiro atoms. The van der Waals surface area contributed by atoms with E-state index in [0.717, 1.165) is 0 Å². The lowest BCUT2D eigenvalue weighted by Gasteiger charge is -2.24. The van der Waals surface area contributed by atoms with Crippen LogP contribution in [-0.4, -0.2) is 36.7 Å². The van der Waals surface area contributed by atoms with Crippen LogP contribution in [0.2, 0.25) is 0 Å². The molecule has 0 saturated heterocycles. The van der Waals surface area contributed by atoms with E-state index in [-0.39, 0.29) is 12.1 Å². The summed E-state index contributed by atoms with van der Waals surface area (Å²) in [7, 11) is 0. The van der Waals surface area contributed by atoms with Gasteiger partial charge in [-0.15, -0.1) is 0 Å². The molecule has 0 aromatic heterocycles. The van der Waals surface area contributed by atoms with Crippen molar-refractivity contribution in [3.63, 3.8) is 0 Å². The van der Waals surface area contributed by atoms with E-state index >= 15 is 0 Å². The van der Waals surface area contributed by atoms with E-state index in [1.165, 1.54) is 0 Å². The Bertz CT molecular complexity index is 137. The van der Waals surface area contributed by atoms with E-state index in [9.17, 15) is 4.79 Å². The van der Waals surface area contributed by atoms with Crippen LogP contribution in [0.3, 0.4) is 0 Å². The zero-order valence-corrected chi connectivity index (χ0v) is 8.04. The van der Waals surface area contributed by atoms with Gasteiger partial charge in [0.1, 0.15) is 0 Å². The zero-order valence-electron chi connectivity index (χ0n) is 8.04. The first kappa shape index (κ1) is 11.2. The number of ether oxygens (including phenoxy) is 1. The Morgan fingerprint density at radius 1 is 1.58 bits per heavy atom. The summed E-state index contributed by atoms with van der Waals surface area (Å²) in [5.74, 6) is 0. The largest absolute Gasteiger partial charge is 0.450 e. The van der Waals surface area contributed by atoms with Gasteiger partial charge in [-0.1, -0.05) is 0 Å². The molecule has 0 aliphatic carbocycles. The minimum Gasteiger partial charge on any atom is -0.450 e. The van der Waals surface area contributed by atoms with Crippen LogP contribution in [0.4, 0.5) is 4.79 Å². The molecule has 0 aromatic rings. The molecule has 12 heavy (non-hydrogen) atoms. The molecule has 0 atom stereocenters. The molecule has 0 fully saturated rings. The Labute approximate surface area is 73.7 Å². The van der Waals surface area contributed by atoms with Gasteiger partial charge in [-0.3, -0.25) is 0 Å². The van der Waals surface area contributed by atoms with Gasteiger partial charge in [0.25, 0.3) is 0 Å². The van der Waals surface area contributed by atoms with Crippen molar-refractivity contribution in [2.45, 2.75) is 26.8 Å². The summed E-state index contributed by atoms with van der Waals surface area (Å²) in [4.78, 5) is 12.8. The highest BCUT2D eigenvalue weighted by Crippen LogP contribution is 2.00. The van der Waals surface area contributed by atoms with Gasteiger partial charge in [0.15, 0.2) is 0 Å². The molecule has 4 heteroatoms. The molecule has 0 aliphatic heterocycles. The summed E-state index contributed by atoms with van der Waals surface area (Å²) in [5.41, 5.74) is 5.35. The maximum absolute atomic E-state index is 11.2. The van der Waals surface area contributed by atoms with Gasteiger partial charge in [-0.2, -0.15) is 0 Å². The summed E-state index contributed by atoms with van der Waals surface area (Å²) in [6.07, 6.45) is -0.280. The van der Waals surface area contributed by atoms with Crippen molar-refractivity contribution in [2.24, 2.45) is 5.73 Å². The zero-order chi connectivity index (χ0) is 9.56. The first-order valence-corrected chi connectivity index (χ1v) is 4.27. The van der Waals surface area contributed by atoms with Gasteiger partial charge in [-0.05, 0) is 20.8 Å². The van der Waals surface area contributed by atoms with Gasteiger partial charge in [0.05, 0.1) is 6.61 Å². The van der Waals surface area contributed by atoms with Crippen LogP contribution in [0.15, 0.2) is 0 Å². The van der Waals surface area contributed by atoms with Crippen LogP contribution < -0.4 is 5.73 Å². The minimum atomic E-state index is -0.280. The number of carbonyl (C=O) groups is 1. The third kappa shape index (κ3) is 3.57. The molecule has 4 nitrogen and oxygen atoms in total. The third-order valence-corrected chi connectivity index (χ3v) is 1.50. The second kappa shape index (κ2) is 5.83. The maximum Gasteiger partial charge on any atom is 0.410 e. The molecule has 0 heterocycles. The van der Waals surface area contributed by atoms with E-state index in [2.05, 4.69) is 0 Å². The highest BCUT2D eigenvalue weighted by Gasteiger charge is 2.16. The molecule has 0 unspecified atom stereocenters. The molecule has 0 bridgehead atoms. The van der Waals surface area contributed by atoms with Crippen molar-refractivity contribution in [1.29, 1.82) is 0 Å². The Kier molecular flexibility index (Phi) is 5.45. The molecule has 72 valence electrons. The number of nitrogens with zero attached hydrogens (tertiary/aromatic N) is 1. The SMILES string of the molecule is CCOC(=O)N(CCN)C(C)C. The van der Waals surface area contributed by atoms with E-state index in [1.54, 1.807) is 11.8 Å². The van der Waals surface area contributed by atoms with Crippen LogP contribution in [0.5, 0.6) is 0 Å². The molecule has 0 radical (unpaired) electrons. The Morgan fingerprint density at radius 2 is 2.17 bits per heavy atom. The Morgan fingerprint density at radius 3 is 2.50 bits per heavy atom. The van der Waals surface area contributed by atoms with E-state index in [1.807, 2.05) is 13.8 Å². The van der Waals surface area contributed by atoms with Crippen molar-refractivity contribution in [1.82, 2.24) is 4.90 Å². The van der Waals surface area contributed by atoms with Crippen molar-refractivity contribution >= 4 is 6.09 Å². The summed E-state index contributed by atoms with van der Waals surface area (Å²) in [6.45, 7) is 7.10. The lowest BCUT2D eigenvalue weighted by atomic mass is 10.3. The molecule has 0 rings (SSSR count). The lowest BCUT2D eigenvalue weighted by molar-refractivity contribution is 0.0974. The van der Waals surface area contributed by atoms with Crippen LogP contribution in [-0.2, 0) is 4.74 Å². The van der Waals surface area contributed by atoms with Crippen molar-refractivity contribution in [2.75, 3.05) is 19.7 Å². The highest BCUT2D eigenvalue weighted by atomic mass is 16.6. The average Bonchev–Trinajstić information content (AvgIpc) is 1.99. The second-order valence-corrected chi connectivity index (χ2v) is 2.77. The average molecular weight is 174 g/mol. The molecule has 0 aliphatic rings. The smallest absolute Gasteiger partial charge is 0.410 e. The number of amides is 1. The van der Waals surface area contributed by atoms with Crippen LogP contribution in [0.1, 0.15) is 20.8 Å². The maximum atomic E-state index is 11.2. The highest BCUT2D eigenvalue weighted by molar-refractivity contribution is 5.67. The Balaban J connectivity index is 4.00. The second-order valence-electron chi connectivity index (χ2n) is 2.77. The fourth-order valence-corrected chi connectivity index (χ4v) is 0.906. The molecular formula is C8H18N2O2. The molecule has 0 aromatic carbocycles. The fraction of sp³-hybridized carbons (Fsp3) is 0.875. The Hall–Kier alpha value is -0.770. The van der Waals surface area contributed by atoms with Crippen LogP contribution in [0.25, 0.3) is 0 Å². The predicted octanol–water partition coefficient (Wildman–Crippen LogP) is 0.812. The molecule has 2 N–H and O–H groups in total. The normalized spacial score (nSPS) is 10.1. The number of carbonyl (C=O) groups excluding carboxylic acids is 1. The topological polar surface area (TPSA) is 55.6 Å². The van der Waals surface area contributed by atoms with Gasteiger partial charge in [0.2, 0.25) is 0 Å². The first-order chi connectivity index (χ1) is 5.63. The third-order valence-electron chi connectivity index (χ3n) is 1.50. The number of hydrogen-bond acceptors (Lipinski definition) is 3. The van der Waals surface area contributed by atoms with Gasteiger partial charge in [-0.25, -0.2) is 4.79 Å². The fourth-order valence-electron chi connectivity index (χ4n) is 0.906. The van der Waals surface area contributed by atoms with E-state index in [0.29, 0.717) is 19.7 Å². The van der Waals surface area contributed by atoms with Crippen molar-refractivity contribution in [3.05, 3.63) is 0 Å². The summed E-state index contributed by atoms with van der Waals surface area (Å²) in [6, 6.07) is 0.146. The summed E-state index contributed by atoms with van der Waals surface area (Å²) < 4.78 is 4.85. The monoisotopic (exact) mass is 174 g/mol. The first-order valence-electron chi connectivity index (χ1n) is 4.27. The molecule has 1 amide bonds. The number of rotatable bonds is 4. The van der Waals surface area contributed by atoms with Gasteiger partial charge >= 0.3 is 6.09 Å². The van der Waals surface area contributed by atoms with Crippen LogP contribution >= 0.6 is 0 Å². The van der Waals surface area contributed by atoms with Gasteiger partial charge in [0, 0.05) is 19.1 Å². The number of nitrogens with two attached hydrogens (primary N) is 1. The number of hydrogen-bond donors (Lipinski definition) is 1. The quantitative estimate of drug-likeness (QED) is 0.686. The van der Waals surface area contributed by atoms with Crippen molar-refractivity contribution < 1.29 is 9.53 Å². The predicted molar refractivity (Wildman–Crippen MR) is 47.9 cm³/mol.